The van der Waals surface area contributed by atoms with Gasteiger partial charge < -0.3 is 14.6 Å². The molecule has 0 bridgehead atoms. The number of aryl methyl sites for hydroxylation is 1. The Balaban J connectivity index is 1.41. The predicted octanol–water partition coefficient (Wildman–Crippen LogP) is 4.86. The highest BCUT2D eigenvalue weighted by atomic mass is 16.5. The highest BCUT2D eigenvalue weighted by Crippen LogP contribution is 2.25. The summed E-state index contributed by atoms with van der Waals surface area (Å²) in [6.07, 6.45) is 0.555. The number of hydrogen-bond donors (Lipinski definition) is 1. The van der Waals surface area contributed by atoms with E-state index in [9.17, 15) is 4.79 Å². The smallest absolute Gasteiger partial charge is 0.227 e. The highest BCUT2D eigenvalue weighted by molar-refractivity contribution is 5.90. The number of methoxy groups -OCH3 is 1. The summed E-state index contributed by atoms with van der Waals surface area (Å²) in [5, 5.41) is 11.8. The van der Waals surface area contributed by atoms with Crippen molar-refractivity contribution in [1.82, 2.24) is 19.9 Å². The van der Waals surface area contributed by atoms with E-state index in [2.05, 4.69) is 36.2 Å². The molecule has 34 heavy (non-hydrogen) atoms. The first-order chi connectivity index (χ1) is 16.3. The van der Waals surface area contributed by atoms with Crippen molar-refractivity contribution in [3.05, 3.63) is 77.8 Å². The minimum atomic E-state index is -0.140. The summed E-state index contributed by atoms with van der Waals surface area (Å²) in [5.41, 5.74) is 2.71. The Morgan fingerprint density at radius 3 is 2.50 bits per heavy atom. The van der Waals surface area contributed by atoms with Crippen molar-refractivity contribution < 1.29 is 14.1 Å². The zero-order valence-corrected chi connectivity index (χ0v) is 19.9. The molecule has 0 aliphatic rings. The first kappa shape index (κ1) is 23.2. The fraction of sp³-hybridized carbons (Fsp3) is 0.308. The number of rotatable bonds is 8. The highest BCUT2D eigenvalue weighted by Gasteiger charge is 2.21. The van der Waals surface area contributed by atoms with Gasteiger partial charge in [0.2, 0.25) is 17.6 Å². The Bertz CT molecular complexity index is 1240. The lowest BCUT2D eigenvalue weighted by atomic mass is 9.92. The standard InChI is InChI=1S/C26H29N5O3/c1-26(2,3)21-16-22(31(29-21)17-18-8-6-5-7-9-18)27-23(32)14-15-24-28-25(30-34-24)19-10-12-20(33-4)13-11-19/h5-13,16H,14-15,17H2,1-4H3,(H,27,32). The van der Waals surface area contributed by atoms with Gasteiger partial charge >= 0.3 is 0 Å². The molecule has 0 aliphatic heterocycles. The van der Waals surface area contributed by atoms with E-state index in [-0.39, 0.29) is 17.7 Å². The van der Waals surface area contributed by atoms with Crippen LogP contribution in [0.4, 0.5) is 5.82 Å². The van der Waals surface area contributed by atoms with Crippen molar-refractivity contribution in [3.63, 3.8) is 0 Å². The largest absolute Gasteiger partial charge is 0.497 e. The maximum Gasteiger partial charge on any atom is 0.227 e. The van der Waals surface area contributed by atoms with Crippen LogP contribution >= 0.6 is 0 Å². The number of benzene rings is 2. The molecule has 0 spiro atoms. The van der Waals surface area contributed by atoms with Crippen molar-refractivity contribution in [2.24, 2.45) is 0 Å². The lowest BCUT2D eigenvalue weighted by Crippen LogP contribution is -2.16. The number of carbonyl (C=O) groups excluding carboxylic acids is 1. The Hall–Kier alpha value is -3.94. The Morgan fingerprint density at radius 2 is 1.82 bits per heavy atom. The number of hydrogen-bond acceptors (Lipinski definition) is 6. The average molecular weight is 460 g/mol. The van der Waals surface area contributed by atoms with E-state index in [1.807, 2.05) is 65.3 Å². The summed E-state index contributed by atoms with van der Waals surface area (Å²) in [7, 11) is 1.62. The van der Waals surface area contributed by atoms with Gasteiger partial charge in [0, 0.05) is 29.9 Å². The van der Waals surface area contributed by atoms with Crippen LogP contribution in [0.25, 0.3) is 11.4 Å². The molecular formula is C26H29N5O3. The maximum absolute atomic E-state index is 12.7. The van der Waals surface area contributed by atoms with E-state index in [0.29, 0.717) is 30.5 Å². The van der Waals surface area contributed by atoms with Crippen LogP contribution in [0, 0.1) is 0 Å². The van der Waals surface area contributed by atoms with Gasteiger partial charge in [-0.05, 0) is 29.8 Å². The molecule has 0 unspecified atom stereocenters. The topological polar surface area (TPSA) is 95.1 Å². The van der Waals surface area contributed by atoms with Crippen molar-refractivity contribution in [1.29, 1.82) is 0 Å². The second-order valence-corrected chi connectivity index (χ2v) is 9.10. The van der Waals surface area contributed by atoms with Gasteiger partial charge in [0.15, 0.2) is 0 Å². The molecule has 2 aromatic heterocycles. The summed E-state index contributed by atoms with van der Waals surface area (Å²) in [6.45, 7) is 6.87. The third-order valence-electron chi connectivity index (χ3n) is 5.37. The minimum absolute atomic E-state index is 0.136. The van der Waals surface area contributed by atoms with E-state index in [1.54, 1.807) is 7.11 Å². The molecule has 0 saturated heterocycles. The fourth-order valence-corrected chi connectivity index (χ4v) is 3.40. The third kappa shape index (κ3) is 5.70. The molecule has 0 atom stereocenters. The van der Waals surface area contributed by atoms with Crippen LogP contribution < -0.4 is 10.1 Å². The molecule has 1 N–H and O–H groups in total. The SMILES string of the molecule is COc1ccc(-c2noc(CCC(=O)Nc3cc(C(C)(C)C)nn3Cc3ccccc3)n2)cc1. The van der Waals surface area contributed by atoms with Gasteiger partial charge in [-0.1, -0.05) is 56.3 Å². The van der Waals surface area contributed by atoms with E-state index >= 15 is 0 Å². The summed E-state index contributed by atoms with van der Waals surface area (Å²) in [5.74, 6) is 2.18. The summed E-state index contributed by atoms with van der Waals surface area (Å²) >= 11 is 0. The fourth-order valence-electron chi connectivity index (χ4n) is 3.40. The van der Waals surface area contributed by atoms with Crippen LogP contribution in [0.15, 0.2) is 65.2 Å². The molecule has 2 heterocycles. The van der Waals surface area contributed by atoms with Crippen molar-refractivity contribution >= 4 is 11.7 Å². The van der Waals surface area contributed by atoms with Gasteiger partial charge in [0.25, 0.3) is 0 Å². The van der Waals surface area contributed by atoms with Gasteiger partial charge in [0.05, 0.1) is 19.3 Å². The molecule has 4 rings (SSSR count). The number of amides is 1. The number of anilines is 1. The molecule has 8 nitrogen and oxygen atoms in total. The van der Waals surface area contributed by atoms with Crippen LogP contribution in [0.5, 0.6) is 5.75 Å². The number of ether oxygens (including phenoxy) is 1. The van der Waals surface area contributed by atoms with Gasteiger partial charge in [-0.3, -0.25) is 4.79 Å². The van der Waals surface area contributed by atoms with Gasteiger partial charge in [-0.25, -0.2) is 4.68 Å². The second kappa shape index (κ2) is 9.91. The van der Waals surface area contributed by atoms with E-state index in [0.717, 1.165) is 22.6 Å². The molecule has 4 aromatic rings. The molecule has 0 radical (unpaired) electrons. The zero-order chi connectivity index (χ0) is 24.1. The van der Waals surface area contributed by atoms with Gasteiger partial charge in [-0.2, -0.15) is 10.1 Å². The number of nitrogens with one attached hydrogen (secondary N) is 1. The molecule has 0 fully saturated rings. The molecule has 1 amide bonds. The Labute approximate surface area is 199 Å². The van der Waals surface area contributed by atoms with E-state index < -0.39 is 0 Å². The van der Waals surface area contributed by atoms with Crippen molar-refractivity contribution in [3.8, 4) is 17.1 Å². The Morgan fingerprint density at radius 1 is 1.09 bits per heavy atom. The quantitative estimate of drug-likeness (QED) is 0.404. The molecule has 2 aromatic carbocycles. The minimum Gasteiger partial charge on any atom is -0.497 e. The lowest BCUT2D eigenvalue weighted by molar-refractivity contribution is -0.116. The Kier molecular flexibility index (Phi) is 6.77. The first-order valence-electron chi connectivity index (χ1n) is 11.2. The number of aromatic nitrogens is 4. The van der Waals surface area contributed by atoms with Crippen LogP contribution in [-0.2, 0) is 23.2 Å². The third-order valence-corrected chi connectivity index (χ3v) is 5.37. The van der Waals surface area contributed by atoms with Crippen molar-refractivity contribution in [2.45, 2.75) is 45.6 Å². The van der Waals surface area contributed by atoms with Gasteiger partial charge in [0.1, 0.15) is 11.6 Å². The normalized spacial score (nSPS) is 11.4. The molecule has 176 valence electrons. The summed E-state index contributed by atoms with van der Waals surface area (Å²) in [6, 6.07) is 19.4. The monoisotopic (exact) mass is 459 g/mol. The second-order valence-electron chi connectivity index (χ2n) is 9.10. The summed E-state index contributed by atoms with van der Waals surface area (Å²) in [4.78, 5) is 17.1. The van der Waals surface area contributed by atoms with Crippen molar-refractivity contribution in [2.75, 3.05) is 12.4 Å². The van der Waals surface area contributed by atoms with Crippen LogP contribution in [0.3, 0.4) is 0 Å². The predicted molar refractivity (Wildman–Crippen MR) is 130 cm³/mol. The van der Waals surface area contributed by atoms with E-state index in [4.69, 9.17) is 14.4 Å². The number of nitrogens with zero attached hydrogens (tertiary/aromatic N) is 4. The van der Waals surface area contributed by atoms with Crippen LogP contribution in [0.2, 0.25) is 0 Å². The maximum atomic E-state index is 12.7. The van der Waals surface area contributed by atoms with Crippen LogP contribution in [0.1, 0.15) is 44.3 Å². The molecule has 8 heteroatoms. The summed E-state index contributed by atoms with van der Waals surface area (Å²) < 4.78 is 12.3. The molecular weight excluding hydrogens is 430 g/mol. The first-order valence-corrected chi connectivity index (χ1v) is 11.2. The van der Waals surface area contributed by atoms with Gasteiger partial charge in [-0.15, -0.1) is 0 Å². The van der Waals surface area contributed by atoms with Crippen LogP contribution in [-0.4, -0.2) is 32.9 Å². The molecule has 0 saturated carbocycles. The number of carbonyl (C=O) groups is 1. The lowest BCUT2D eigenvalue weighted by Gasteiger charge is -2.14. The average Bonchev–Trinajstić information content (AvgIpc) is 3.46. The molecule has 0 aliphatic carbocycles. The van der Waals surface area contributed by atoms with E-state index in [1.165, 1.54) is 0 Å². The zero-order valence-electron chi connectivity index (χ0n) is 19.9.